The van der Waals surface area contributed by atoms with Gasteiger partial charge in [-0.1, -0.05) is 6.92 Å². The van der Waals surface area contributed by atoms with E-state index in [4.69, 9.17) is 0 Å². The van der Waals surface area contributed by atoms with Crippen LogP contribution in [0.5, 0.6) is 0 Å². The Hall–Kier alpha value is -0.0800. The predicted octanol–water partition coefficient (Wildman–Crippen LogP) is 1.66. The van der Waals surface area contributed by atoms with Crippen molar-refractivity contribution in [2.24, 2.45) is 0 Å². The highest BCUT2D eigenvalue weighted by Gasteiger charge is 2.34. The lowest BCUT2D eigenvalue weighted by Gasteiger charge is -2.42. The topological polar surface area (TPSA) is 24.1 Å². The summed E-state index contributed by atoms with van der Waals surface area (Å²) in [5.74, 6) is 0. The average molecular weight is 182 g/mol. The third kappa shape index (κ3) is 2.44. The van der Waals surface area contributed by atoms with Gasteiger partial charge >= 0.3 is 0 Å². The van der Waals surface area contributed by atoms with Crippen LogP contribution in [0.15, 0.2) is 0 Å². The van der Waals surface area contributed by atoms with E-state index in [1.807, 2.05) is 0 Å². The Morgan fingerprint density at radius 3 is 2.46 bits per heavy atom. The van der Waals surface area contributed by atoms with Crippen molar-refractivity contribution >= 4 is 0 Å². The Morgan fingerprint density at radius 2 is 2.00 bits per heavy atom. The van der Waals surface area contributed by atoms with Crippen molar-refractivity contribution in [2.75, 3.05) is 13.1 Å². The highest BCUT2D eigenvalue weighted by atomic mass is 15.0. The van der Waals surface area contributed by atoms with Gasteiger partial charge in [0.05, 0.1) is 0 Å². The Balaban J connectivity index is 1.54. The van der Waals surface area contributed by atoms with Crippen molar-refractivity contribution in [1.82, 2.24) is 10.6 Å². The number of hydrogen-bond acceptors (Lipinski definition) is 2. The Kier molecular flexibility index (Phi) is 2.89. The second-order valence-corrected chi connectivity index (χ2v) is 4.64. The molecule has 2 saturated carbocycles. The summed E-state index contributed by atoms with van der Waals surface area (Å²) in [5, 5.41) is 7.24. The van der Waals surface area contributed by atoms with Crippen LogP contribution >= 0.6 is 0 Å². The second kappa shape index (κ2) is 3.97. The zero-order valence-electron chi connectivity index (χ0n) is 8.73. The average Bonchev–Trinajstić information content (AvgIpc) is 2.86. The summed E-state index contributed by atoms with van der Waals surface area (Å²) < 4.78 is 0. The van der Waals surface area contributed by atoms with Crippen molar-refractivity contribution in [3.8, 4) is 0 Å². The van der Waals surface area contributed by atoms with E-state index in [2.05, 4.69) is 17.6 Å². The van der Waals surface area contributed by atoms with E-state index in [1.54, 1.807) is 0 Å². The largest absolute Gasteiger partial charge is 0.313 e. The van der Waals surface area contributed by atoms with Gasteiger partial charge < -0.3 is 10.6 Å². The minimum atomic E-state index is 0.533. The van der Waals surface area contributed by atoms with Crippen LogP contribution in [0.3, 0.4) is 0 Å². The first-order valence-corrected chi connectivity index (χ1v) is 5.83. The number of hydrogen-bond donors (Lipinski definition) is 2. The normalized spacial score (nSPS) is 25.6. The van der Waals surface area contributed by atoms with E-state index < -0.39 is 0 Å². The van der Waals surface area contributed by atoms with Crippen LogP contribution in [0.1, 0.15) is 45.4 Å². The van der Waals surface area contributed by atoms with Gasteiger partial charge in [0.15, 0.2) is 0 Å². The minimum absolute atomic E-state index is 0.533. The maximum absolute atomic E-state index is 3.70. The molecule has 2 rings (SSSR count). The molecular weight excluding hydrogens is 160 g/mol. The van der Waals surface area contributed by atoms with Crippen LogP contribution in [0.2, 0.25) is 0 Å². The molecule has 0 amide bonds. The Bertz CT molecular complexity index is 154. The molecule has 0 bridgehead atoms. The molecule has 2 nitrogen and oxygen atoms in total. The molecule has 0 aliphatic heterocycles. The first kappa shape index (κ1) is 9.47. The number of nitrogens with one attached hydrogen (secondary N) is 2. The van der Waals surface area contributed by atoms with Crippen molar-refractivity contribution < 1.29 is 0 Å². The van der Waals surface area contributed by atoms with E-state index >= 15 is 0 Å². The fourth-order valence-electron chi connectivity index (χ4n) is 2.15. The van der Waals surface area contributed by atoms with Crippen LogP contribution < -0.4 is 10.6 Å². The summed E-state index contributed by atoms with van der Waals surface area (Å²) >= 11 is 0. The van der Waals surface area contributed by atoms with Crippen molar-refractivity contribution in [3.63, 3.8) is 0 Å². The third-order valence-electron chi connectivity index (χ3n) is 3.62. The lowest BCUT2D eigenvalue weighted by Crippen LogP contribution is -2.52. The van der Waals surface area contributed by atoms with Gasteiger partial charge in [0.1, 0.15) is 0 Å². The molecule has 0 saturated heterocycles. The molecule has 0 aromatic carbocycles. The van der Waals surface area contributed by atoms with Crippen LogP contribution in [-0.2, 0) is 0 Å². The smallest absolute Gasteiger partial charge is 0.0179 e. The van der Waals surface area contributed by atoms with Crippen LogP contribution in [0.4, 0.5) is 0 Å². The lowest BCUT2D eigenvalue weighted by atomic mass is 9.75. The summed E-state index contributed by atoms with van der Waals surface area (Å²) in [5.41, 5.74) is 0.533. The van der Waals surface area contributed by atoms with Crippen molar-refractivity contribution in [2.45, 2.75) is 57.0 Å². The fraction of sp³-hybridized carbons (Fsp3) is 1.00. The molecule has 2 N–H and O–H groups in total. The van der Waals surface area contributed by atoms with Crippen LogP contribution in [-0.4, -0.2) is 24.7 Å². The SMILES string of the molecule is CCC1(NCCNC2CC2)CCC1. The van der Waals surface area contributed by atoms with Crippen LogP contribution in [0, 0.1) is 0 Å². The summed E-state index contributed by atoms with van der Waals surface area (Å²) in [6, 6.07) is 0.862. The molecule has 2 aliphatic rings. The van der Waals surface area contributed by atoms with E-state index in [0.29, 0.717) is 5.54 Å². The quantitative estimate of drug-likeness (QED) is 0.610. The second-order valence-electron chi connectivity index (χ2n) is 4.64. The molecule has 13 heavy (non-hydrogen) atoms. The zero-order valence-corrected chi connectivity index (χ0v) is 8.73. The maximum atomic E-state index is 3.70. The first-order valence-electron chi connectivity index (χ1n) is 5.83. The van der Waals surface area contributed by atoms with Crippen LogP contribution in [0.25, 0.3) is 0 Å². The van der Waals surface area contributed by atoms with Gasteiger partial charge in [-0.3, -0.25) is 0 Å². The maximum Gasteiger partial charge on any atom is 0.0179 e. The molecule has 0 heterocycles. The standard InChI is InChI=1S/C11H22N2/c1-2-11(6-3-7-11)13-9-8-12-10-4-5-10/h10,12-13H,2-9H2,1H3. The highest BCUT2D eigenvalue weighted by molar-refractivity contribution is 4.94. The van der Waals surface area contributed by atoms with Crippen molar-refractivity contribution in [1.29, 1.82) is 0 Å². The summed E-state index contributed by atoms with van der Waals surface area (Å²) in [7, 11) is 0. The first-order chi connectivity index (χ1) is 6.35. The van der Waals surface area contributed by atoms with Crippen molar-refractivity contribution in [3.05, 3.63) is 0 Å². The Labute approximate surface area is 81.5 Å². The molecule has 0 aromatic rings. The van der Waals surface area contributed by atoms with Gasteiger partial charge in [-0.2, -0.15) is 0 Å². The minimum Gasteiger partial charge on any atom is -0.313 e. The zero-order chi connectivity index (χ0) is 9.15. The van der Waals surface area contributed by atoms with E-state index in [1.165, 1.54) is 38.5 Å². The summed E-state index contributed by atoms with van der Waals surface area (Å²) in [6.45, 7) is 4.62. The predicted molar refractivity (Wildman–Crippen MR) is 55.9 cm³/mol. The molecule has 2 fully saturated rings. The molecule has 0 unspecified atom stereocenters. The van der Waals surface area contributed by atoms with Gasteiger partial charge in [-0.25, -0.2) is 0 Å². The molecule has 0 atom stereocenters. The summed E-state index contributed by atoms with van der Waals surface area (Å²) in [6.07, 6.45) is 8.32. The molecular formula is C11H22N2. The van der Waals surface area contributed by atoms with Gasteiger partial charge in [-0.15, -0.1) is 0 Å². The molecule has 2 heteroatoms. The van der Waals surface area contributed by atoms with Gasteiger partial charge in [-0.05, 0) is 38.5 Å². The van der Waals surface area contributed by atoms with Gasteiger partial charge in [0.25, 0.3) is 0 Å². The molecule has 0 aromatic heterocycles. The fourth-order valence-corrected chi connectivity index (χ4v) is 2.15. The summed E-state index contributed by atoms with van der Waals surface area (Å²) in [4.78, 5) is 0. The monoisotopic (exact) mass is 182 g/mol. The van der Waals surface area contributed by atoms with Gasteiger partial charge in [0.2, 0.25) is 0 Å². The van der Waals surface area contributed by atoms with E-state index in [-0.39, 0.29) is 0 Å². The molecule has 76 valence electrons. The Morgan fingerprint density at radius 1 is 1.23 bits per heavy atom. The molecule has 2 aliphatic carbocycles. The molecule has 0 spiro atoms. The van der Waals surface area contributed by atoms with Gasteiger partial charge in [0, 0.05) is 24.7 Å². The molecule has 0 radical (unpaired) electrons. The highest BCUT2D eigenvalue weighted by Crippen LogP contribution is 2.34. The van der Waals surface area contributed by atoms with E-state index in [9.17, 15) is 0 Å². The third-order valence-corrected chi connectivity index (χ3v) is 3.62. The number of rotatable bonds is 6. The van der Waals surface area contributed by atoms with E-state index in [0.717, 1.165) is 19.1 Å². The lowest BCUT2D eigenvalue weighted by molar-refractivity contribution is 0.178.